The lowest BCUT2D eigenvalue weighted by molar-refractivity contribution is 0.453. The third-order valence-corrected chi connectivity index (χ3v) is 5.20. The second kappa shape index (κ2) is 7.20. The fraction of sp³-hybridized carbons (Fsp3) is 0.636. The molecule has 5 nitrogen and oxygen atoms in total. The molecule has 0 fully saturated rings. The van der Waals surface area contributed by atoms with E-state index in [4.69, 9.17) is 5.73 Å². The third-order valence-electron chi connectivity index (χ3n) is 2.72. The van der Waals surface area contributed by atoms with Gasteiger partial charge in [0.2, 0.25) is 0 Å². The van der Waals surface area contributed by atoms with E-state index in [2.05, 4.69) is 11.6 Å². The highest BCUT2D eigenvalue weighted by Gasteiger charge is 2.17. The maximum Gasteiger partial charge on any atom is 0.279 e. The SMILES string of the molecule is CCc1ccsc1CNS(=O)(=O)N(C)CCCN. The molecular formula is C11H21N3O2S2. The van der Waals surface area contributed by atoms with E-state index < -0.39 is 10.2 Å². The monoisotopic (exact) mass is 291 g/mol. The predicted octanol–water partition coefficient (Wildman–Crippen LogP) is 0.925. The van der Waals surface area contributed by atoms with Crippen LogP contribution >= 0.6 is 11.3 Å². The van der Waals surface area contributed by atoms with Gasteiger partial charge in [-0.25, -0.2) is 0 Å². The molecule has 1 aromatic heterocycles. The zero-order valence-corrected chi connectivity index (χ0v) is 12.5. The number of nitrogens with one attached hydrogen (secondary N) is 1. The molecule has 1 aromatic rings. The number of nitrogens with zero attached hydrogens (tertiary/aromatic N) is 1. The van der Waals surface area contributed by atoms with Crippen LogP contribution in [0.15, 0.2) is 11.4 Å². The molecule has 1 heterocycles. The third kappa shape index (κ3) is 4.33. The molecule has 104 valence electrons. The van der Waals surface area contributed by atoms with E-state index >= 15 is 0 Å². The summed E-state index contributed by atoms with van der Waals surface area (Å²) in [6, 6.07) is 2.03. The normalized spacial score (nSPS) is 12.2. The first-order valence-corrected chi connectivity index (χ1v) is 8.29. The minimum Gasteiger partial charge on any atom is -0.330 e. The Hall–Kier alpha value is -0.470. The van der Waals surface area contributed by atoms with E-state index in [-0.39, 0.29) is 0 Å². The Balaban J connectivity index is 2.56. The molecule has 0 radical (unpaired) electrons. The molecule has 1 rings (SSSR count). The molecule has 0 bridgehead atoms. The maximum atomic E-state index is 11.9. The quantitative estimate of drug-likeness (QED) is 0.748. The topological polar surface area (TPSA) is 75.4 Å². The zero-order chi connectivity index (χ0) is 13.6. The maximum absolute atomic E-state index is 11.9. The van der Waals surface area contributed by atoms with Crippen molar-refractivity contribution in [3.05, 3.63) is 21.9 Å². The van der Waals surface area contributed by atoms with Crippen molar-refractivity contribution < 1.29 is 8.42 Å². The molecule has 3 N–H and O–H groups in total. The van der Waals surface area contributed by atoms with Crippen LogP contribution in [0, 0.1) is 0 Å². The average Bonchev–Trinajstić information content (AvgIpc) is 2.80. The summed E-state index contributed by atoms with van der Waals surface area (Å²) in [6.45, 7) is 3.35. The van der Waals surface area contributed by atoms with Crippen LogP contribution in [0.2, 0.25) is 0 Å². The van der Waals surface area contributed by atoms with Gasteiger partial charge in [-0.15, -0.1) is 11.3 Å². The molecule has 0 atom stereocenters. The predicted molar refractivity (Wildman–Crippen MR) is 75.8 cm³/mol. The Kier molecular flexibility index (Phi) is 6.24. The first kappa shape index (κ1) is 15.6. The van der Waals surface area contributed by atoms with Gasteiger partial charge in [0, 0.05) is 25.0 Å². The van der Waals surface area contributed by atoms with Crippen molar-refractivity contribution in [2.45, 2.75) is 26.3 Å². The molecule has 0 amide bonds. The van der Waals surface area contributed by atoms with Crippen LogP contribution in [-0.2, 0) is 23.2 Å². The lowest BCUT2D eigenvalue weighted by Gasteiger charge is -2.17. The molecule has 0 aliphatic heterocycles. The molecular weight excluding hydrogens is 270 g/mol. The van der Waals surface area contributed by atoms with Gasteiger partial charge in [-0.3, -0.25) is 0 Å². The van der Waals surface area contributed by atoms with E-state index in [1.165, 1.54) is 9.87 Å². The summed E-state index contributed by atoms with van der Waals surface area (Å²) in [6.07, 6.45) is 1.58. The largest absolute Gasteiger partial charge is 0.330 e. The van der Waals surface area contributed by atoms with Crippen LogP contribution in [0.5, 0.6) is 0 Å². The highest BCUT2D eigenvalue weighted by Crippen LogP contribution is 2.17. The molecule has 0 spiro atoms. The van der Waals surface area contributed by atoms with Gasteiger partial charge in [0.1, 0.15) is 0 Å². The van der Waals surface area contributed by atoms with Crippen LogP contribution in [0.1, 0.15) is 23.8 Å². The minimum absolute atomic E-state index is 0.357. The summed E-state index contributed by atoms with van der Waals surface area (Å²) in [7, 11) is -1.84. The van der Waals surface area contributed by atoms with Crippen LogP contribution in [0.3, 0.4) is 0 Å². The second-order valence-corrected chi connectivity index (χ2v) is 6.88. The van der Waals surface area contributed by atoms with Gasteiger partial charge in [-0.05, 0) is 36.4 Å². The van der Waals surface area contributed by atoms with Gasteiger partial charge >= 0.3 is 0 Å². The highest BCUT2D eigenvalue weighted by molar-refractivity contribution is 7.87. The highest BCUT2D eigenvalue weighted by atomic mass is 32.2. The first-order valence-electron chi connectivity index (χ1n) is 5.97. The van der Waals surface area contributed by atoms with E-state index in [9.17, 15) is 8.42 Å². The van der Waals surface area contributed by atoms with E-state index in [1.807, 2.05) is 11.4 Å². The van der Waals surface area contributed by atoms with Gasteiger partial charge in [0.25, 0.3) is 10.2 Å². The van der Waals surface area contributed by atoms with Crippen molar-refractivity contribution in [1.29, 1.82) is 0 Å². The standard InChI is InChI=1S/C11H21N3O2S2/c1-3-10-5-8-17-11(10)9-13-18(15,16)14(2)7-4-6-12/h5,8,13H,3-4,6-7,9,12H2,1-2H3. The fourth-order valence-electron chi connectivity index (χ4n) is 1.54. The van der Waals surface area contributed by atoms with Crippen molar-refractivity contribution in [2.24, 2.45) is 5.73 Å². The molecule has 7 heteroatoms. The summed E-state index contributed by atoms with van der Waals surface area (Å²) in [5, 5.41) is 1.99. The number of hydrogen-bond donors (Lipinski definition) is 2. The molecule has 0 aliphatic rings. The van der Waals surface area contributed by atoms with Crippen molar-refractivity contribution in [2.75, 3.05) is 20.1 Å². The Labute approximate surface area is 113 Å². The number of rotatable bonds is 8. The summed E-state index contributed by atoms with van der Waals surface area (Å²) in [4.78, 5) is 1.08. The number of nitrogens with two attached hydrogens (primary N) is 1. The van der Waals surface area contributed by atoms with Crippen molar-refractivity contribution in [1.82, 2.24) is 9.03 Å². The molecule has 0 saturated carbocycles. The van der Waals surface area contributed by atoms with Gasteiger partial charge < -0.3 is 5.73 Å². The summed E-state index contributed by atoms with van der Waals surface area (Å²) in [5.74, 6) is 0. The van der Waals surface area contributed by atoms with E-state index in [1.54, 1.807) is 18.4 Å². The molecule has 0 saturated heterocycles. The van der Waals surface area contributed by atoms with Crippen molar-refractivity contribution in [3.63, 3.8) is 0 Å². The van der Waals surface area contributed by atoms with Crippen molar-refractivity contribution in [3.8, 4) is 0 Å². The van der Waals surface area contributed by atoms with E-state index in [0.717, 1.165) is 11.3 Å². The summed E-state index contributed by atoms with van der Waals surface area (Å²) >= 11 is 1.58. The lowest BCUT2D eigenvalue weighted by atomic mass is 10.2. The van der Waals surface area contributed by atoms with Crippen LogP contribution in [0.4, 0.5) is 0 Å². The average molecular weight is 291 g/mol. The Morgan fingerprint density at radius 2 is 2.22 bits per heavy atom. The smallest absolute Gasteiger partial charge is 0.279 e. The van der Waals surface area contributed by atoms with Gasteiger partial charge in [0.05, 0.1) is 0 Å². The van der Waals surface area contributed by atoms with Gasteiger partial charge in [0.15, 0.2) is 0 Å². The minimum atomic E-state index is -3.40. The number of thiophene rings is 1. The fourth-order valence-corrected chi connectivity index (χ4v) is 3.46. The number of aryl methyl sites for hydroxylation is 1. The Morgan fingerprint density at radius 3 is 2.83 bits per heavy atom. The van der Waals surface area contributed by atoms with Gasteiger partial charge in [-0.2, -0.15) is 17.4 Å². The zero-order valence-electron chi connectivity index (χ0n) is 10.8. The second-order valence-electron chi connectivity index (χ2n) is 4.01. The Bertz CT molecular complexity index is 457. The van der Waals surface area contributed by atoms with Crippen LogP contribution < -0.4 is 10.5 Å². The number of hydrogen-bond acceptors (Lipinski definition) is 4. The summed E-state index contributed by atoms with van der Waals surface area (Å²) in [5.41, 5.74) is 6.57. The summed E-state index contributed by atoms with van der Waals surface area (Å²) < 4.78 is 27.7. The molecule has 0 aromatic carbocycles. The first-order chi connectivity index (χ1) is 8.51. The molecule has 0 unspecified atom stereocenters. The Morgan fingerprint density at radius 1 is 1.50 bits per heavy atom. The molecule has 18 heavy (non-hydrogen) atoms. The van der Waals surface area contributed by atoms with Crippen LogP contribution in [0.25, 0.3) is 0 Å². The lowest BCUT2D eigenvalue weighted by Crippen LogP contribution is -2.38. The van der Waals surface area contributed by atoms with Gasteiger partial charge in [-0.1, -0.05) is 6.92 Å². The molecule has 0 aliphatic carbocycles. The van der Waals surface area contributed by atoms with E-state index in [0.29, 0.717) is 26.1 Å². The van der Waals surface area contributed by atoms with Crippen LogP contribution in [-0.4, -0.2) is 32.9 Å². The van der Waals surface area contributed by atoms with Crippen molar-refractivity contribution >= 4 is 21.5 Å².